The number of carbonyl (C=O) groups excluding carboxylic acids is 2. The van der Waals surface area contributed by atoms with Crippen LogP contribution in [-0.4, -0.2) is 31.6 Å². The van der Waals surface area contributed by atoms with Gasteiger partial charge in [0.25, 0.3) is 0 Å². The normalized spacial score (nSPS) is 10.8. The highest BCUT2D eigenvalue weighted by atomic mass is 32.1. The van der Waals surface area contributed by atoms with E-state index in [1.54, 1.807) is 11.0 Å². The minimum absolute atomic E-state index is 0.00676. The number of anilines is 2. The topological polar surface area (TPSA) is 102 Å². The van der Waals surface area contributed by atoms with Crippen LogP contribution >= 0.6 is 11.3 Å². The molecule has 1 aromatic carbocycles. The summed E-state index contributed by atoms with van der Waals surface area (Å²) < 4.78 is 1.61. The number of amides is 2. The van der Waals surface area contributed by atoms with Gasteiger partial charge in [0.05, 0.1) is 12.2 Å². The Labute approximate surface area is 167 Å². The van der Waals surface area contributed by atoms with E-state index in [2.05, 4.69) is 25.7 Å². The molecule has 0 fully saturated rings. The summed E-state index contributed by atoms with van der Waals surface area (Å²) in [6.45, 7) is 4.49. The number of rotatable bonds is 8. The van der Waals surface area contributed by atoms with E-state index in [9.17, 15) is 9.59 Å². The van der Waals surface area contributed by atoms with Crippen molar-refractivity contribution in [1.29, 1.82) is 0 Å². The van der Waals surface area contributed by atoms with Crippen molar-refractivity contribution in [3.05, 3.63) is 42.3 Å². The summed E-state index contributed by atoms with van der Waals surface area (Å²) in [6.07, 6.45) is 3.80. The molecule has 2 aromatic heterocycles. The third-order valence-corrected chi connectivity index (χ3v) is 4.60. The lowest BCUT2D eigenvalue weighted by Crippen LogP contribution is -2.14. The van der Waals surface area contributed by atoms with Gasteiger partial charge in [-0.1, -0.05) is 26.0 Å². The molecular weight excluding hydrogens is 376 g/mol. The maximum absolute atomic E-state index is 12.0. The number of thiazole rings is 1. The van der Waals surface area contributed by atoms with E-state index in [0.29, 0.717) is 30.4 Å². The average molecular weight is 398 g/mol. The van der Waals surface area contributed by atoms with Crippen molar-refractivity contribution in [1.82, 2.24) is 19.7 Å². The molecule has 0 saturated carbocycles. The van der Waals surface area contributed by atoms with Crippen LogP contribution in [0.2, 0.25) is 0 Å². The Hall–Kier alpha value is -3.07. The number of carbonyl (C=O) groups is 2. The fraction of sp³-hybridized carbons (Fsp3) is 0.316. The quantitative estimate of drug-likeness (QED) is 0.605. The summed E-state index contributed by atoms with van der Waals surface area (Å²) in [5.74, 6) is 0.200. The zero-order chi connectivity index (χ0) is 19.9. The molecule has 0 spiro atoms. The van der Waals surface area contributed by atoms with Crippen LogP contribution in [0.3, 0.4) is 0 Å². The lowest BCUT2D eigenvalue weighted by atomic mass is 10.1. The van der Waals surface area contributed by atoms with E-state index < -0.39 is 0 Å². The van der Waals surface area contributed by atoms with Crippen molar-refractivity contribution in [2.75, 3.05) is 10.6 Å². The molecule has 0 aliphatic heterocycles. The molecule has 146 valence electrons. The SMILES string of the molecule is CC(C)CC(=O)Nc1ccc(-c2csc(NC(=O)CCn3cncn3)n2)cc1. The Morgan fingerprint density at radius 2 is 1.93 bits per heavy atom. The Bertz CT molecular complexity index is 918. The molecule has 0 unspecified atom stereocenters. The number of nitrogens with one attached hydrogen (secondary N) is 2. The summed E-state index contributed by atoms with van der Waals surface area (Å²) in [4.78, 5) is 32.2. The van der Waals surface area contributed by atoms with Gasteiger partial charge >= 0.3 is 0 Å². The first-order valence-corrected chi connectivity index (χ1v) is 9.85. The van der Waals surface area contributed by atoms with Crippen molar-refractivity contribution in [2.24, 2.45) is 5.92 Å². The smallest absolute Gasteiger partial charge is 0.228 e. The molecule has 0 aliphatic carbocycles. The first-order valence-electron chi connectivity index (χ1n) is 8.97. The maximum atomic E-state index is 12.0. The van der Waals surface area contributed by atoms with E-state index in [1.807, 2.05) is 43.5 Å². The molecule has 8 nitrogen and oxygen atoms in total. The molecule has 0 atom stereocenters. The van der Waals surface area contributed by atoms with Crippen molar-refractivity contribution >= 4 is 34.0 Å². The highest BCUT2D eigenvalue weighted by Gasteiger charge is 2.10. The zero-order valence-corrected chi connectivity index (χ0v) is 16.6. The second-order valence-electron chi connectivity index (χ2n) is 6.72. The average Bonchev–Trinajstić information content (AvgIpc) is 3.32. The number of hydrogen-bond acceptors (Lipinski definition) is 6. The van der Waals surface area contributed by atoms with Gasteiger partial charge in [-0.3, -0.25) is 14.3 Å². The largest absolute Gasteiger partial charge is 0.326 e. The van der Waals surface area contributed by atoms with Gasteiger partial charge in [-0.25, -0.2) is 9.97 Å². The van der Waals surface area contributed by atoms with Crippen LogP contribution in [0.15, 0.2) is 42.3 Å². The molecule has 0 bridgehead atoms. The molecule has 3 rings (SSSR count). The number of hydrogen-bond donors (Lipinski definition) is 2. The van der Waals surface area contributed by atoms with Gasteiger partial charge in [0.1, 0.15) is 12.7 Å². The number of aryl methyl sites for hydroxylation is 1. The van der Waals surface area contributed by atoms with Crippen LogP contribution in [0.1, 0.15) is 26.7 Å². The molecule has 2 amide bonds. The number of aromatic nitrogens is 4. The summed E-state index contributed by atoms with van der Waals surface area (Å²) in [5.41, 5.74) is 2.45. The fourth-order valence-electron chi connectivity index (χ4n) is 2.52. The summed E-state index contributed by atoms with van der Waals surface area (Å²) >= 11 is 1.37. The van der Waals surface area contributed by atoms with Crippen LogP contribution in [0, 0.1) is 5.92 Å². The van der Waals surface area contributed by atoms with Crippen molar-refractivity contribution in [2.45, 2.75) is 33.2 Å². The Kier molecular flexibility index (Phi) is 6.49. The Balaban J connectivity index is 1.54. The summed E-state index contributed by atoms with van der Waals surface area (Å²) in [7, 11) is 0. The van der Waals surface area contributed by atoms with Crippen LogP contribution < -0.4 is 10.6 Å². The summed E-state index contributed by atoms with van der Waals surface area (Å²) in [6, 6.07) is 7.50. The minimum Gasteiger partial charge on any atom is -0.326 e. The van der Waals surface area contributed by atoms with Gasteiger partial charge in [-0.2, -0.15) is 5.10 Å². The predicted molar refractivity (Wildman–Crippen MR) is 109 cm³/mol. The monoisotopic (exact) mass is 398 g/mol. The van der Waals surface area contributed by atoms with E-state index in [4.69, 9.17) is 0 Å². The van der Waals surface area contributed by atoms with Crippen LogP contribution in [0.5, 0.6) is 0 Å². The van der Waals surface area contributed by atoms with E-state index >= 15 is 0 Å². The standard InChI is InChI=1S/C19H22N6O2S/c1-13(2)9-18(27)22-15-5-3-14(4-6-15)16-10-28-19(23-16)24-17(26)7-8-25-12-20-11-21-25/h3-6,10-13H,7-9H2,1-2H3,(H,22,27)(H,23,24,26). The van der Waals surface area contributed by atoms with Gasteiger partial charge in [0.15, 0.2) is 5.13 Å². The van der Waals surface area contributed by atoms with Crippen molar-refractivity contribution in [3.8, 4) is 11.3 Å². The highest BCUT2D eigenvalue weighted by Crippen LogP contribution is 2.26. The second-order valence-corrected chi connectivity index (χ2v) is 7.58. The molecule has 2 N–H and O–H groups in total. The second kappa shape index (κ2) is 9.23. The third-order valence-electron chi connectivity index (χ3n) is 3.84. The van der Waals surface area contributed by atoms with Crippen LogP contribution in [-0.2, 0) is 16.1 Å². The molecule has 0 aliphatic rings. The van der Waals surface area contributed by atoms with Gasteiger partial charge in [-0.05, 0) is 18.1 Å². The van der Waals surface area contributed by atoms with E-state index in [0.717, 1.165) is 16.9 Å². The molecule has 9 heteroatoms. The first kappa shape index (κ1) is 19.7. The van der Waals surface area contributed by atoms with Gasteiger partial charge in [0.2, 0.25) is 11.8 Å². The summed E-state index contributed by atoms with van der Waals surface area (Å²) in [5, 5.41) is 12.1. The molecule has 0 radical (unpaired) electrons. The molecule has 3 aromatic rings. The Morgan fingerprint density at radius 1 is 1.14 bits per heavy atom. The van der Waals surface area contributed by atoms with E-state index in [1.165, 1.54) is 17.7 Å². The molecule has 2 heterocycles. The van der Waals surface area contributed by atoms with Crippen LogP contribution in [0.4, 0.5) is 10.8 Å². The predicted octanol–water partition coefficient (Wildman–Crippen LogP) is 3.42. The van der Waals surface area contributed by atoms with Crippen molar-refractivity contribution in [3.63, 3.8) is 0 Å². The highest BCUT2D eigenvalue weighted by molar-refractivity contribution is 7.14. The van der Waals surface area contributed by atoms with Gasteiger partial charge < -0.3 is 10.6 Å². The van der Waals surface area contributed by atoms with Gasteiger partial charge in [-0.15, -0.1) is 11.3 Å². The maximum Gasteiger partial charge on any atom is 0.228 e. The lowest BCUT2D eigenvalue weighted by molar-refractivity contribution is -0.117. The van der Waals surface area contributed by atoms with E-state index in [-0.39, 0.29) is 11.8 Å². The zero-order valence-electron chi connectivity index (χ0n) is 15.8. The number of nitrogens with zero attached hydrogens (tertiary/aromatic N) is 4. The van der Waals surface area contributed by atoms with Gasteiger partial charge in [0, 0.05) is 29.5 Å². The lowest BCUT2D eigenvalue weighted by Gasteiger charge is -2.07. The molecular formula is C19H22N6O2S. The molecule has 0 saturated heterocycles. The van der Waals surface area contributed by atoms with Crippen molar-refractivity contribution < 1.29 is 9.59 Å². The first-order chi connectivity index (χ1) is 13.5. The third kappa shape index (κ3) is 5.71. The molecule has 28 heavy (non-hydrogen) atoms. The minimum atomic E-state index is -0.125. The van der Waals surface area contributed by atoms with Crippen LogP contribution in [0.25, 0.3) is 11.3 Å². The number of benzene rings is 1. The Morgan fingerprint density at radius 3 is 2.61 bits per heavy atom. The fourth-order valence-corrected chi connectivity index (χ4v) is 3.25.